The summed E-state index contributed by atoms with van der Waals surface area (Å²) in [5, 5.41) is 10.3. The largest absolute Gasteiger partial charge is 0.506 e. The summed E-state index contributed by atoms with van der Waals surface area (Å²) in [4.78, 5) is 14.4. The minimum absolute atomic E-state index is 0.00665. The monoisotopic (exact) mass is 237 g/mol. The molecule has 0 aliphatic rings. The summed E-state index contributed by atoms with van der Waals surface area (Å²) in [6.45, 7) is 0. The van der Waals surface area contributed by atoms with E-state index in [1.807, 2.05) is 0 Å². The van der Waals surface area contributed by atoms with Crippen molar-refractivity contribution in [1.29, 1.82) is 0 Å². The SMILES string of the molecule is C=S(C)(=O)c1ccc2c(O)c[nH]c(=O)c2c1. The first-order valence-corrected chi connectivity index (χ1v) is 6.70. The third kappa shape index (κ3) is 1.69. The van der Waals surface area contributed by atoms with E-state index in [4.69, 9.17) is 0 Å². The lowest BCUT2D eigenvalue weighted by molar-refractivity contribution is 0.479. The van der Waals surface area contributed by atoms with Gasteiger partial charge in [0.1, 0.15) is 5.75 Å². The standard InChI is InChI=1S/C11H11NO3S/c1-16(2,15)7-3-4-8-9(5-7)11(14)12-6-10(8)13/h3-6,13H,1H2,2H3,(H,12,14). The third-order valence-electron chi connectivity index (χ3n) is 2.35. The summed E-state index contributed by atoms with van der Waals surface area (Å²) in [5.41, 5.74) is -0.321. The molecule has 1 heterocycles. The van der Waals surface area contributed by atoms with Crippen LogP contribution in [0.25, 0.3) is 10.8 Å². The molecule has 0 bridgehead atoms. The minimum atomic E-state index is -2.36. The summed E-state index contributed by atoms with van der Waals surface area (Å²) < 4.78 is 11.7. The number of pyridine rings is 1. The summed E-state index contributed by atoms with van der Waals surface area (Å²) in [6.07, 6.45) is 2.74. The minimum Gasteiger partial charge on any atom is -0.506 e. The van der Waals surface area contributed by atoms with Gasteiger partial charge in [-0.2, -0.15) is 0 Å². The molecular weight excluding hydrogens is 226 g/mol. The van der Waals surface area contributed by atoms with Crippen LogP contribution in [0.1, 0.15) is 0 Å². The molecule has 0 aliphatic heterocycles. The zero-order chi connectivity index (χ0) is 11.9. The van der Waals surface area contributed by atoms with Crippen molar-refractivity contribution in [2.24, 2.45) is 0 Å². The number of aromatic nitrogens is 1. The first-order chi connectivity index (χ1) is 7.39. The molecule has 5 heteroatoms. The van der Waals surface area contributed by atoms with Crippen LogP contribution in [0.2, 0.25) is 0 Å². The van der Waals surface area contributed by atoms with Gasteiger partial charge in [-0.05, 0) is 33.6 Å². The van der Waals surface area contributed by atoms with Crippen LogP contribution in [-0.4, -0.2) is 26.4 Å². The van der Waals surface area contributed by atoms with Gasteiger partial charge in [-0.3, -0.25) is 9.00 Å². The normalized spacial score (nSPS) is 14.8. The van der Waals surface area contributed by atoms with E-state index in [2.05, 4.69) is 10.9 Å². The molecule has 0 radical (unpaired) electrons. The maximum Gasteiger partial charge on any atom is 0.256 e. The molecule has 0 amide bonds. The van der Waals surface area contributed by atoms with Gasteiger partial charge in [0.2, 0.25) is 0 Å². The number of fused-ring (bicyclic) bond motifs is 1. The van der Waals surface area contributed by atoms with Gasteiger partial charge >= 0.3 is 0 Å². The topological polar surface area (TPSA) is 70.2 Å². The molecule has 84 valence electrons. The van der Waals surface area contributed by atoms with Gasteiger partial charge < -0.3 is 10.1 Å². The van der Waals surface area contributed by atoms with Gasteiger partial charge in [0.25, 0.3) is 5.56 Å². The van der Waals surface area contributed by atoms with Crippen LogP contribution in [0.5, 0.6) is 5.75 Å². The van der Waals surface area contributed by atoms with Crippen LogP contribution >= 0.6 is 0 Å². The predicted octanol–water partition coefficient (Wildman–Crippen LogP) is 0.939. The predicted molar refractivity (Wildman–Crippen MR) is 65.7 cm³/mol. The quantitative estimate of drug-likeness (QED) is 0.725. The van der Waals surface area contributed by atoms with Crippen LogP contribution < -0.4 is 5.56 Å². The third-order valence-corrected chi connectivity index (χ3v) is 3.60. The highest BCUT2D eigenvalue weighted by atomic mass is 32.2. The molecule has 2 aromatic rings. The average molecular weight is 237 g/mol. The fraction of sp³-hybridized carbons (Fsp3) is 0.0909. The highest BCUT2D eigenvalue weighted by Gasteiger charge is 2.07. The zero-order valence-electron chi connectivity index (χ0n) is 8.69. The Hall–Kier alpha value is -1.75. The Morgan fingerprint density at radius 3 is 2.69 bits per heavy atom. The van der Waals surface area contributed by atoms with Crippen molar-refractivity contribution in [2.45, 2.75) is 4.90 Å². The maximum absolute atomic E-state index is 11.7. The molecule has 0 saturated carbocycles. The molecular formula is C11H11NO3S. The van der Waals surface area contributed by atoms with Crippen molar-refractivity contribution in [3.8, 4) is 5.75 Å². The fourth-order valence-corrected chi connectivity index (χ4v) is 2.22. The number of hydrogen-bond donors (Lipinski definition) is 2. The van der Waals surface area contributed by atoms with E-state index < -0.39 is 9.52 Å². The lowest BCUT2D eigenvalue weighted by atomic mass is 10.1. The number of hydrogen-bond acceptors (Lipinski definition) is 3. The molecule has 1 unspecified atom stereocenters. The zero-order valence-corrected chi connectivity index (χ0v) is 9.50. The second kappa shape index (κ2) is 3.38. The molecule has 0 saturated heterocycles. The molecule has 2 N–H and O–H groups in total. The highest BCUT2D eigenvalue weighted by Crippen LogP contribution is 2.22. The molecule has 16 heavy (non-hydrogen) atoms. The Labute approximate surface area is 92.6 Å². The van der Waals surface area contributed by atoms with E-state index in [9.17, 15) is 14.1 Å². The number of nitrogens with one attached hydrogen (secondary N) is 1. The van der Waals surface area contributed by atoms with Crippen molar-refractivity contribution in [3.63, 3.8) is 0 Å². The Kier molecular flexibility index (Phi) is 2.27. The number of aromatic amines is 1. The first kappa shape index (κ1) is 10.8. The number of H-pyrrole nitrogens is 1. The summed E-state index contributed by atoms with van der Waals surface area (Å²) in [7, 11) is -2.36. The van der Waals surface area contributed by atoms with Crippen LogP contribution in [0.15, 0.2) is 34.1 Å². The van der Waals surface area contributed by atoms with Gasteiger partial charge in [-0.25, -0.2) is 0 Å². The number of benzene rings is 1. The van der Waals surface area contributed by atoms with Gasteiger partial charge in [0, 0.05) is 22.7 Å². The van der Waals surface area contributed by atoms with Crippen molar-refractivity contribution in [3.05, 3.63) is 34.7 Å². The highest BCUT2D eigenvalue weighted by molar-refractivity contribution is 7.99. The molecule has 2 rings (SSSR count). The Bertz CT molecular complexity index is 714. The smallest absolute Gasteiger partial charge is 0.256 e. The lowest BCUT2D eigenvalue weighted by Gasteiger charge is -2.05. The van der Waals surface area contributed by atoms with Crippen molar-refractivity contribution >= 4 is 26.2 Å². The van der Waals surface area contributed by atoms with Gasteiger partial charge in [0.15, 0.2) is 0 Å². The summed E-state index contributed by atoms with van der Waals surface area (Å²) in [5.74, 6) is 3.55. The van der Waals surface area contributed by atoms with Crippen LogP contribution in [0, 0.1) is 0 Å². The van der Waals surface area contributed by atoms with Crippen LogP contribution in [-0.2, 0) is 9.52 Å². The van der Waals surface area contributed by atoms with Gasteiger partial charge in [-0.15, -0.1) is 0 Å². The molecule has 1 atom stereocenters. The molecule has 0 aliphatic carbocycles. The van der Waals surface area contributed by atoms with Crippen molar-refractivity contribution in [1.82, 2.24) is 4.98 Å². The average Bonchev–Trinajstić information content (AvgIpc) is 2.22. The fourth-order valence-electron chi connectivity index (χ4n) is 1.49. The Morgan fingerprint density at radius 2 is 2.06 bits per heavy atom. The van der Waals surface area contributed by atoms with Gasteiger partial charge in [0.05, 0.1) is 5.39 Å². The van der Waals surface area contributed by atoms with E-state index in [0.717, 1.165) is 0 Å². The van der Waals surface area contributed by atoms with Crippen molar-refractivity contribution < 1.29 is 9.32 Å². The van der Waals surface area contributed by atoms with E-state index >= 15 is 0 Å². The maximum atomic E-state index is 11.7. The molecule has 4 nitrogen and oxygen atoms in total. The van der Waals surface area contributed by atoms with E-state index in [-0.39, 0.29) is 11.3 Å². The van der Waals surface area contributed by atoms with E-state index in [0.29, 0.717) is 15.7 Å². The van der Waals surface area contributed by atoms with E-state index in [1.54, 1.807) is 12.1 Å². The molecule has 0 fully saturated rings. The lowest BCUT2D eigenvalue weighted by Crippen LogP contribution is -2.06. The van der Waals surface area contributed by atoms with Crippen molar-refractivity contribution in [2.75, 3.05) is 6.26 Å². The summed E-state index contributed by atoms with van der Waals surface area (Å²) in [6, 6.07) is 4.68. The summed E-state index contributed by atoms with van der Waals surface area (Å²) >= 11 is 0. The Balaban J connectivity index is 2.92. The van der Waals surface area contributed by atoms with Gasteiger partial charge in [-0.1, -0.05) is 0 Å². The first-order valence-electron chi connectivity index (χ1n) is 4.56. The second-order valence-corrected chi connectivity index (χ2v) is 6.20. The van der Waals surface area contributed by atoms with Crippen LogP contribution in [0.3, 0.4) is 0 Å². The van der Waals surface area contributed by atoms with Crippen LogP contribution in [0.4, 0.5) is 0 Å². The number of rotatable bonds is 1. The second-order valence-electron chi connectivity index (χ2n) is 3.72. The molecule has 1 aromatic carbocycles. The van der Waals surface area contributed by atoms with E-state index in [1.165, 1.54) is 18.5 Å². The Morgan fingerprint density at radius 1 is 1.38 bits per heavy atom. The number of aromatic hydroxyl groups is 1. The molecule has 0 spiro atoms. The molecule has 1 aromatic heterocycles.